The molecule has 0 unspecified atom stereocenters. The van der Waals surface area contributed by atoms with Crippen molar-refractivity contribution in [3.05, 3.63) is 52.3 Å². The van der Waals surface area contributed by atoms with Crippen LogP contribution in [0.2, 0.25) is 0 Å². The Hall–Kier alpha value is -2.98. The molecule has 1 aliphatic rings. The lowest BCUT2D eigenvalue weighted by molar-refractivity contribution is -0.127. The van der Waals surface area contributed by atoms with E-state index in [-0.39, 0.29) is 11.5 Å². The van der Waals surface area contributed by atoms with Crippen LogP contribution >= 0.6 is 0 Å². The predicted octanol–water partition coefficient (Wildman–Crippen LogP) is 1.66. The summed E-state index contributed by atoms with van der Waals surface area (Å²) in [5.41, 5.74) is 7.73. The molecule has 0 saturated heterocycles. The minimum atomic E-state index is -0.855. The Labute approximate surface area is 164 Å². The molecule has 1 heterocycles. The van der Waals surface area contributed by atoms with Gasteiger partial charge in [-0.2, -0.15) is 10.4 Å². The number of benzene rings is 1. The summed E-state index contributed by atoms with van der Waals surface area (Å²) in [6.07, 6.45) is 4.73. The molecule has 3 rings (SSSR count). The van der Waals surface area contributed by atoms with Crippen LogP contribution in [0.1, 0.15) is 37.7 Å². The topological polar surface area (TPSA) is 114 Å². The number of hydrogen-bond donors (Lipinski definition) is 2. The molecule has 0 aliphatic heterocycles. The van der Waals surface area contributed by atoms with E-state index in [1.165, 1.54) is 10.7 Å². The van der Waals surface area contributed by atoms with E-state index in [1.807, 2.05) is 24.3 Å². The number of carbonyl (C=O) groups excluding carboxylic acids is 1. The fourth-order valence-electron chi connectivity index (χ4n) is 3.54. The highest BCUT2D eigenvalue weighted by Gasteiger charge is 2.36. The van der Waals surface area contributed by atoms with Gasteiger partial charge in [-0.25, -0.2) is 4.68 Å². The molecule has 1 saturated carbocycles. The van der Waals surface area contributed by atoms with Crippen LogP contribution in [0.4, 0.5) is 0 Å². The van der Waals surface area contributed by atoms with Gasteiger partial charge in [0.1, 0.15) is 6.04 Å². The molecule has 7 nitrogen and oxygen atoms in total. The molecule has 0 spiro atoms. The molecular weight excluding hydrogens is 354 g/mol. The Morgan fingerprint density at radius 1 is 1.25 bits per heavy atom. The Morgan fingerprint density at radius 2 is 1.93 bits per heavy atom. The largest absolute Gasteiger partial charge is 0.338 e. The number of nitriles is 1. The molecule has 0 bridgehead atoms. The first-order valence-electron chi connectivity index (χ1n) is 9.54. The summed E-state index contributed by atoms with van der Waals surface area (Å²) in [6, 6.07) is 12.3. The standard InChI is InChI=1S/C21H25N5O2/c1-26-19(27)10-9-18(25-26)16-7-5-15(6-8-16)13-17(14-22)24-20(28)21(23)11-3-2-4-12-21/h5-10,17H,2-4,11-13,23H2,1H3,(H,24,28)/t17-/m0/s1. The molecule has 3 N–H and O–H groups in total. The van der Waals surface area contributed by atoms with Crippen molar-refractivity contribution >= 4 is 5.91 Å². The molecule has 1 fully saturated rings. The van der Waals surface area contributed by atoms with Crippen LogP contribution in [0.15, 0.2) is 41.2 Å². The van der Waals surface area contributed by atoms with Crippen LogP contribution in [-0.4, -0.2) is 27.3 Å². The summed E-state index contributed by atoms with van der Waals surface area (Å²) in [6.45, 7) is 0. The maximum atomic E-state index is 12.6. The van der Waals surface area contributed by atoms with Crippen molar-refractivity contribution in [1.82, 2.24) is 15.1 Å². The number of nitrogens with two attached hydrogens (primary N) is 1. The van der Waals surface area contributed by atoms with E-state index in [9.17, 15) is 14.9 Å². The van der Waals surface area contributed by atoms with Crippen LogP contribution in [-0.2, 0) is 18.3 Å². The second kappa shape index (κ2) is 8.36. The van der Waals surface area contributed by atoms with Gasteiger partial charge in [0.25, 0.3) is 5.56 Å². The van der Waals surface area contributed by atoms with Crippen molar-refractivity contribution in [2.24, 2.45) is 12.8 Å². The first-order valence-corrected chi connectivity index (χ1v) is 9.54. The third-order valence-electron chi connectivity index (χ3n) is 5.31. The second-order valence-corrected chi connectivity index (χ2v) is 7.45. The lowest BCUT2D eigenvalue weighted by Crippen LogP contribution is -2.57. The van der Waals surface area contributed by atoms with Gasteiger partial charge in [-0.15, -0.1) is 0 Å². The highest BCUT2D eigenvalue weighted by atomic mass is 16.2. The molecule has 28 heavy (non-hydrogen) atoms. The summed E-state index contributed by atoms with van der Waals surface area (Å²) >= 11 is 0. The summed E-state index contributed by atoms with van der Waals surface area (Å²) in [4.78, 5) is 24.0. The fourth-order valence-corrected chi connectivity index (χ4v) is 3.54. The zero-order chi connectivity index (χ0) is 20.1. The maximum Gasteiger partial charge on any atom is 0.266 e. The first-order chi connectivity index (χ1) is 13.4. The number of nitrogens with zero attached hydrogens (tertiary/aromatic N) is 3. The SMILES string of the molecule is Cn1nc(-c2ccc(C[C@@H](C#N)NC(=O)C3(N)CCCCC3)cc2)ccc1=O. The van der Waals surface area contributed by atoms with Crippen molar-refractivity contribution in [3.8, 4) is 17.3 Å². The summed E-state index contributed by atoms with van der Waals surface area (Å²) in [5, 5.41) is 16.5. The first kappa shape index (κ1) is 19.8. The average Bonchev–Trinajstić information content (AvgIpc) is 2.70. The van der Waals surface area contributed by atoms with Crippen LogP contribution in [0.25, 0.3) is 11.3 Å². The monoisotopic (exact) mass is 379 g/mol. The van der Waals surface area contributed by atoms with Crippen molar-refractivity contribution < 1.29 is 4.79 Å². The third kappa shape index (κ3) is 4.46. The highest BCUT2D eigenvalue weighted by Crippen LogP contribution is 2.26. The van der Waals surface area contributed by atoms with Crippen molar-refractivity contribution in [1.29, 1.82) is 5.26 Å². The van der Waals surface area contributed by atoms with Gasteiger partial charge in [0, 0.05) is 25.1 Å². The molecule has 146 valence electrons. The lowest BCUT2D eigenvalue weighted by Gasteiger charge is -2.32. The van der Waals surface area contributed by atoms with E-state index in [2.05, 4.69) is 16.5 Å². The van der Waals surface area contributed by atoms with Gasteiger partial charge < -0.3 is 11.1 Å². The number of amides is 1. The number of carbonyl (C=O) groups is 1. The van der Waals surface area contributed by atoms with Crippen LogP contribution < -0.4 is 16.6 Å². The quantitative estimate of drug-likeness (QED) is 0.820. The van der Waals surface area contributed by atoms with E-state index in [0.29, 0.717) is 25.0 Å². The van der Waals surface area contributed by atoms with Gasteiger partial charge >= 0.3 is 0 Å². The normalized spacial score (nSPS) is 16.8. The minimum Gasteiger partial charge on any atom is -0.338 e. The number of aryl methyl sites for hydroxylation is 1. The van der Waals surface area contributed by atoms with E-state index < -0.39 is 11.6 Å². The lowest BCUT2D eigenvalue weighted by atomic mass is 9.81. The zero-order valence-electron chi connectivity index (χ0n) is 16.0. The number of aromatic nitrogens is 2. The van der Waals surface area contributed by atoms with Gasteiger partial charge in [0.15, 0.2) is 0 Å². The second-order valence-electron chi connectivity index (χ2n) is 7.45. The van der Waals surface area contributed by atoms with Gasteiger partial charge in [-0.3, -0.25) is 9.59 Å². The molecule has 2 aromatic rings. The van der Waals surface area contributed by atoms with Gasteiger partial charge in [0.2, 0.25) is 5.91 Å². The zero-order valence-corrected chi connectivity index (χ0v) is 16.0. The highest BCUT2D eigenvalue weighted by molar-refractivity contribution is 5.86. The molecule has 1 amide bonds. The smallest absolute Gasteiger partial charge is 0.266 e. The Bertz CT molecular complexity index is 937. The van der Waals surface area contributed by atoms with Gasteiger partial charge in [-0.1, -0.05) is 43.5 Å². The van der Waals surface area contributed by atoms with Crippen LogP contribution in [0, 0.1) is 11.3 Å². The third-order valence-corrected chi connectivity index (χ3v) is 5.31. The maximum absolute atomic E-state index is 12.6. The van der Waals surface area contributed by atoms with Crippen molar-refractivity contribution in [3.63, 3.8) is 0 Å². The molecule has 1 aromatic heterocycles. The molecular formula is C21H25N5O2. The minimum absolute atomic E-state index is 0.163. The number of hydrogen-bond acceptors (Lipinski definition) is 5. The predicted molar refractivity (Wildman–Crippen MR) is 106 cm³/mol. The van der Waals surface area contributed by atoms with E-state index in [0.717, 1.165) is 30.4 Å². The van der Waals surface area contributed by atoms with Gasteiger partial charge in [0.05, 0.1) is 17.3 Å². The number of rotatable bonds is 5. The summed E-state index contributed by atoms with van der Waals surface area (Å²) in [7, 11) is 1.61. The van der Waals surface area contributed by atoms with Crippen molar-refractivity contribution in [2.75, 3.05) is 0 Å². The van der Waals surface area contributed by atoms with Crippen molar-refractivity contribution in [2.45, 2.75) is 50.1 Å². The molecule has 1 atom stereocenters. The molecule has 7 heteroatoms. The van der Waals surface area contributed by atoms with Crippen LogP contribution in [0.3, 0.4) is 0 Å². The Kier molecular flexibility index (Phi) is 5.90. The Balaban J connectivity index is 1.66. The van der Waals surface area contributed by atoms with E-state index >= 15 is 0 Å². The van der Waals surface area contributed by atoms with Gasteiger partial charge in [-0.05, 0) is 24.5 Å². The fraction of sp³-hybridized carbons (Fsp3) is 0.429. The van der Waals surface area contributed by atoms with Crippen LogP contribution in [0.5, 0.6) is 0 Å². The van der Waals surface area contributed by atoms with E-state index in [4.69, 9.17) is 5.73 Å². The summed E-state index contributed by atoms with van der Waals surface area (Å²) in [5.74, 6) is -0.232. The number of nitrogens with one attached hydrogen (secondary N) is 1. The average molecular weight is 379 g/mol. The Morgan fingerprint density at radius 3 is 2.54 bits per heavy atom. The molecule has 1 aliphatic carbocycles. The van der Waals surface area contributed by atoms with E-state index in [1.54, 1.807) is 13.1 Å². The molecule has 0 radical (unpaired) electrons. The summed E-state index contributed by atoms with van der Waals surface area (Å²) < 4.78 is 1.29. The molecule has 1 aromatic carbocycles.